The van der Waals surface area contributed by atoms with Gasteiger partial charge in [-0.05, 0) is 13.8 Å². The molecule has 0 fully saturated rings. The molecule has 0 aromatic carbocycles. The van der Waals surface area contributed by atoms with Crippen LogP contribution in [0.2, 0.25) is 0 Å². The number of rotatable bonds is 3. The quantitative estimate of drug-likeness (QED) is 0.242. The Balaban J connectivity index is 4.62. The second kappa shape index (κ2) is 5.51. The molecule has 0 saturated carbocycles. The maximum Gasteiger partial charge on any atom is 0.211 e. The van der Waals surface area contributed by atoms with Crippen LogP contribution >= 0.6 is 0 Å². The van der Waals surface area contributed by atoms with Crippen LogP contribution in [0, 0.1) is 0 Å². The Morgan fingerprint density at radius 3 is 1.14 bits per heavy atom. The molecular weight excluding hydrogens is 184 g/mol. The Morgan fingerprint density at radius 2 is 0.929 bits per heavy atom. The van der Waals surface area contributed by atoms with E-state index in [0.717, 1.165) is 0 Å². The molecule has 8 heteroatoms. The standard InChI is InChI=1S/C6H14N8/c1-3(11-13-5(7)8)4(2)12-14-6(9)10/h1-2H3,(H4,7,8,13)(H4,9,10,14)/b11-3-,12-4-. The number of hydrogen-bond acceptors (Lipinski definition) is 4. The molecule has 14 heavy (non-hydrogen) atoms. The first-order valence-electron chi connectivity index (χ1n) is 3.70. The summed E-state index contributed by atoms with van der Waals surface area (Å²) in [6, 6.07) is 0. The molecule has 0 saturated heterocycles. The molecule has 0 atom stereocenters. The van der Waals surface area contributed by atoms with E-state index in [1.165, 1.54) is 0 Å². The minimum atomic E-state index is -0.126. The minimum absolute atomic E-state index is 0.126. The van der Waals surface area contributed by atoms with Crippen molar-refractivity contribution in [2.24, 2.45) is 43.3 Å². The summed E-state index contributed by atoms with van der Waals surface area (Å²) in [6.45, 7) is 3.35. The van der Waals surface area contributed by atoms with Gasteiger partial charge in [0.25, 0.3) is 0 Å². The van der Waals surface area contributed by atoms with Crippen molar-refractivity contribution in [1.29, 1.82) is 0 Å². The lowest BCUT2D eigenvalue weighted by Crippen LogP contribution is -2.23. The van der Waals surface area contributed by atoms with Crippen molar-refractivity contribution in [1.82, 2.24) is 0 Å². The molecule has 0 heterocycles. The van der Waals surface area contributed by atoms with E-state index in [1.54, 1.807) is 13.8 Å². The van der Waals surface area contributed by atoms with Crippen LogP contribution in [0.3, 0.4) is 0 Å². The molecular formula is C6H14N8. The zero-order chi connectivity index (χ0) is 11.1. The summed E-state index contributed by atoms with van der Waals surface area (Å²) in [5, 5.41) is 14.2. The molecule has 8 nitrogen and oxygen atoms in total. The first-order chi connectivity index (χ1) is 6.43. The Morgan fingerprint density at radius 1 is 0.643 bits per heavy atom. The molecule has 0 aliphatic rings. The second-order valence-electron chi connectivity index (χ2n) is 2.42. The Hall–Kier alpha value is -2.12. The topological polar surface area (TPSA) is 154 Å². The molecule has 0 rings (SSSR count). The lowest BCUT2D eigenvalue weighted by molar-refractivity contribution is 1.18. The molecule has 0 aliphatic heterocycles. The maximum absolute atomic E-state index is 5.08. The van der Waals surface area contributed by atoms with E-state index in [2.05, 4.69) is 20.4 Å². The number of nitrogens with zero attached hydrogens (tertiary/aromatic N) is 4. The van der Waals surface area contributed by atoms with Crippen molar-refractivity contribution in [3.63, 3.8) is 0 Å². The van der Waals surface area contributed by atoms with Gasteiger partial charge in [0.2, 0.25) is 11.9 Å². The summed E-state index contributed by atoms with van der Waals surface area (Å²) in [5.74, 6) is -0.252. The molecule has 0 radical (unpaired) electrons. The monoisotopic (exact) mass is 198 g/mol. The zero-order valence-electron chi connectivity index (χ0n) is 8.10. The van der Waals surface area contributed by atoms with Crippen molar-refractivity contribution in [2.75, 3.05) is 0 Å². The van der Waals surface area contributed by atoms with E-state index in [4.69, 9.17) is 22.9 Å². The van der Waals surface area contributed by atoms with Gasteiger partial charge in [0.05, 0.1) is 11.4 Å². The fourth-order valence-electron chi connectivity index (χ4n) is 0.410. The van der Waals surface area contributed by atoms with Crippen LogP contribution in [0.1, 0.15) is 13.8 Å². The third-order valence-electron chi connectivity index (χ3n) is 1.15. The lowest BCUT2D eigenvalue weighted by atomic mass is 10.3. The average molecular weight is 198 g/mol. The molecule has 0 bridgehead atoms. The van der Waals surface area contributed by atoms with Crippen molar-refractivity contribution < 1.29 is 0 Å². The highest BCUT2D eigenvalue weighted by Crippen LogP contribution is 1.86. The summed E-state index contributed by atoms with van der Waals surface area (Å²) in [6.07, 6.45) is 0. The van der Waals surface area contributed by atoms with Crippen molar-refractivity contribution >= 4 is 23.3 Å². The van der Waals surface area contributed by atoms with Crippen LogP contribution in [0.15, 0.2) is 20.4 Å². The van der Waals surface area contributed by atoms with E-state index >= 15 is 0 Å². The van der Waals surface area contributed by atoms with E-state index in [1.807, 2.05) is 0 Å². The van der Waals surface area contributed by atoms with Crippen LogP contribution in [0.4, 0.5) is 0 Å². The Bertz CT molecular complexity index is 270. The molecule has 0 amide bonds. The van der Waals surface area contributed by atoms with E-state index in [0.29, 0.717) is 11.4 Å². The normalized spacial score (nSPS) is 12.1. The molecule has 78 valence electrons. The molecule has 0 unspecified atom stereocenters. The highest BCUT2D eigenvalue weighted by atomic mass is 15.3. The highest BCUT2D eigenvalue weighted by molar-refractivity contribution is 6.40. The van der Waals surface area contributed by atoms with Crippen LogP contribution in [-0.2, 0) is 0 Å². The van der Waals surface area contributed by atoms with Gasteiger partial charge in [0, 0.05) is 0 Å². The van der Waals surface area contributed by atoms with Gasteiger partial charge in [-0.3, -0.25) is 0 Å². The van der Waals surface area contributed by atoms with Gasteiger partial charge >= 0.3 is 0 Å². The van der Waals surface area contributed by atoms with Crippen molar-refractivity contribution in [3.8, 4) is 0 Å². The SMILES string of the molecule is CC(=N/N=C(N)N)/C(C)=N\N=C(N)N. The summed E-state index contributed by atoms with van der Waals surface area (Å²) >= 11 is 0. The highest BCUT2D eigenvalue weighted by Gasteiger charge is 1.95. The number of hydrogen-bond donors (Lipinski definition) is 4. The fraction of sp³-hybridized carbons (Fsp3) is 0.333. The first kappa shape index (κ1) is 11.9. The molecule has 0 spiro atoms. The van der Waals surface area contributed by atoms with E-state index in [9.17, 15) is 0 Å². The fourth-order valence-corrected chi connectivity index (χ4v) is 0.410. The molecule has 8 N–H and O–H groups in total. The zero-order valence-corrected chi connectivity index (χ0v) is 8.10. The van der Waals surface area contributed by atoms with Crippen molar-refractivity contribution in [3.05, 3.63) is 0 Å². The van der Waals surface area contributed by atoms with Gasteiger partial charge in [-0.25, -0.2) is 0 Å². The minimum Gasteiger partial charge on any atom is -0.369 e. The molecule has 0 aromatic rings. The van der Waals surface area contributed by atoms with E-state index < -0.39 is 0 Å². The summed E-state index contributed by atoms with van der Waals surface area (Å²) in [7, 11) is 0. The van der Waals surface area contributed by atoms with Gasteiger partial charge < -0.3 is 22.9 Å². The van der Waals surface area contributed by atoms with Crippen LogP contribution < -0.4 is 22.9 Å². The van der Waals surface area contributed by atoms with Crippen molar-refractivity contribution in [2.45, 2.75) is 13.8 Å². The smallest absolute Gasteiger partial charge is 0.211 e. The van der Waals surface area contributed by atoms with Gasteiger partial charge in [0.15, 0.2) is 0 Å². The second-order valence-corrected chi connectivity index (χ2v) is 2.42. The van der Waals surface area contributed by atoms with Gasteiger partial charge in [-0.1, -0.05) is 0 Å². The Labute approximate surface area is 81.4 Å². The number of nitrogens with two attached hydrogens (primary N) is 4. The molecule has 0 aromatic heterocycles. The van der Waals surface area contributed by atoms with Gasteiger partial charge in [-0.2, -0.15) is 10.2 Å². The predicted octanol–water partition coefficient (Wildman–Crippen LogP) is -1.71. The molecule has 0 aliphatic carbocycles. The Kier molecular flexibility index (Phi) is 4.68. The predicted molar refractivity (Wildman–Crippen MR) is 57.8 cm³/mol. The van der Waals surface area contributed by atoms with Gasteiger partial charge in [-0.15, -0.1) is 10.2 Å². The lowest BCUT2D eigenvalue weighted by Gasteiger charge is -1.94. The summed E-state index contributed by atoms with van der Waals surface area (Å²) in [4.78, 5) is 0. The van der Waals surface area contributed by atoms with Crippen LogP contribution in [0.25, 0.3) is 0 Å². The summed E-state index contributed by atoms with van der Waals surface area (Å²) < 4.78 is 0. The van der Waals surface area contributed by atoms with Crippen LogP contribution in [-0.4, -0.2) is 23.3 Å². The third kappa shape index (κ3) is 5.52. The number of guanidine groups is 2. The third-order valence-corrected chi connectivity index (χ3v) is 1.15. The van der Waals surface area contributed by atoms with E-state index in [-0.39, 0.29) is 11.9 Å². The largest absolute Gasteiger partial charge is 0.369 e. The van der Waals surface area contributed by atoms with Gasteiger partial charge in [0.1, 0.15) is 0 Å². The summed E-state index contributed by atoms with van der Waals surface area (Å²) in [5.41, 5.74) is 21.3. The maximum atomic E-state index is 5.08. The average Bonchev–Trinajstić information content (AvgIpc) is 2.09. The first-order valence-corrected chi connectivity index (χ1v) is 3.70. The van der Waals surface area contributed by atoms with Crippen LogP contribution in [0.5, 0.6) is 0 Å².